The average molecular weight is 429 g/mol. The first-order valence-corrected chi connectivity index (χ1v) is 9.53. The summed E-state index contributed by atoms with van der Waals surface area (Å²) in [6.07, 6.45) is 0.549. The van der Waals surface area contributed by atoms with E-state index in [4.69, 9.17) is 0 Å². The number of piperazine rings is 1. The van der Waals surface area contributed by atoms with Crippen LogP contribution in [0.15, 0.2) is 36.4 Å². The Morgan fingerprint density at radius 2 is 1.63 bits per heavy atom. The molecule has 1 aromatic heterocycles. The van der Waals surface area contributed by atoms with Crippen molar-refractivity contribution < 1.29 is 9.59 Å². The van der Waals surface area contributed by atoms with Crippen LogP contribution in [0.4, 0.5) is 0 Å². The van der Waals surface area contributed by atoms with Gasteiger partial charge in [0.1, 0.15) is 0 Å². The topological polar surface area (TPSA) is 40.6 Å². The molecule has 0 atom stereocenters. The number of ketones is 1. The first-order chi connectivity index (χ1) is 12.0. The molecule has 2 aromatic rings. The highest BCUT2D eigenvalue weighted by atomic mass is 35.5. The summed E-state index contributed by atoms with van der Waals surface area (Å²) in [6.45, 7) is 7.91. The normalized spacial score (nSPS) is 14.2. The van der Waals surface area contributed by atoms with Crippen molar-refractivity contribution in [1.29, 1.82) is 0 Å². The summed E-state index contributed by atoms with van der Waals surface area (Å²) in [5, 5.41) is 0. The molecular formula is C20H26Cl2N2O2S. The van der Waals surface area contributed by atoms with Crippen LogP contribution < -0.4 is 0 Å². The number of thiophene rings is 1. The maximum atomic E-state index is 12.5. The van der Waals surface area contributed by atoms with Gasteiger partial charge in [-0.05, 0) is 37.6 Å². The third-order valence-corrected chi connectivity index (χ3v) is 5.82. The van der Waals surface area contributed by atoms with Gasteiger partial charge < -0.3 is 4.90 Å². The number of halogens is 2. The number of hydrogen-bond acceptors (Lipinski definition) is 4. The summed E-state index contributed by atoms with van der Waals surface area (Å²) < 4.78 is 0. The third kappa shape index (κ3) is 6.04. The number of nitrogens with zero attached hydrogens (tertiary/aromatic N) is 2. The summed E-state index contributed by atoms with van der Waals surface area (Å²) >= 11 is 1.59. The van der Waals surface area contributed by atoms with Crippen molar-refractivity contribution in [1.82, 2.24) is 9.80 Å². The van der Waals surface area contributed by atoms with Gasteiger partial charge in [-0.3, -0.25) is 14.5 Å². The van der Waals surface area contributed by atoms with Crippen molar-refractivity contribution >= 4 is 47.8 Å². The van der Waals surface area contributed by atoms with E-state index < -0.39 is 0 Å². The lowest BCUT2D eigenvalue weighted by molar-refractivity contribution is 0.0628. The SMILES string of the molecule is Cc1cc(C)c(C(=O)CCN2CCN(C(=O)c3ccccc3)CC2)s1.Cl.Cl. The van der Waals surface area contributed by atoms with Gasteiger partial charge in [-0.25, -0.2) is 0 Å². The minimum atomic E-state index is 0. The first-order valence-electron chi connectivity index (χ1n) is 8.71. The average Bonchev–Trinajstić information content (AvgIpc) is 2.98. The quantitative estimate of drug-likeness (QED) is 0.668. The number of hydrogen-bond donors (Lipinski definition) is 0. The van der Waals surface area contributed by atoms with E-state index in [1.54, 1.807) is 11.3 Å². The van der Waals surface area contributed by atoms with E-state index in [2.05, 4.69) is 11.0 Å². The summed E-state index contributed by atoms with van der Waals surface area (Å²) in [7, 11) is 0. The molecule has 1 saturated heterocycles. The predicted octanol–water partition coefficient (Wildman–Crippen LogP) is 4.24. The molecule has 0 spiro atoms. The number of amides is 1. The van der Waals surface area contributed by atoms with Gasteiger partial charge in [0.2, 0.25) is 0 Å². The fourth-order valence-corrected chi connectivity index (χ4v) is 4.22. The molecule has 0 unspecified atom stereocenters. The zero-order valence-electron chi connectivity index (χ0n) is 15.6. The molecule has 1 aliphatic rings. The van der Waals surface area contributed by atoms with Gasteiger partial charge in [-0.1, -0.05) is 18.2 Å². The van der Waals surface area contributed by atoms with Crippen molar-refractivity contribution in [3.63, 3.8) is 0 Å². The lowest BCUT2D eigenvalue weighted by Gasteiger charge is -2.34. The molecule has 0 radical (unpaired) electrons. The fourth-order valence-electron chi connectivity index (χ4n) is 3.23. The van der Waals surface area contributed by atoms with Gasteiger partial charge in [0.15, 0.2) is 5.78 Å². The number of benzene rings is 1. The first kappa shape index (κ1) is 23.6. The molecule has 0 N–H and O–H groups in total. The maximum absolute atomic E-state index is 12.5. The van der Waals surface area contributed by atoms with E-state index >= 15 is 0 Å². The minimum absolute atomic E-state index is 0. The Morgan fingerprint density at radius 3 is 2.19 bits per heavy atom. The molecule has 0 bridgehead atoms. The number of rotatable bonds is 5. The fraction of sp³-hybridized carbons (Fsp3) is 0.400. The van der Waals surface area contributed by atoms with Crippen molar-refractivity contribution in [2.24, 2.45) is 0 Å². The smallest absolute Gasteiger partial charge is 0.253 e. The second kappa shape index (κ2) is 10.8. The van der Waals surface area contributed by atoms with Crippen molar-refractivity contribution in [3.8, 4) is 0 Å². The Bertz CT molecular complexity index is 757. The summed E-state index contributed by atoms with van der Waals surface area (Å²) in [5.74, 6) is 0.333. The van der Waals surface area contributed by atoms with Gasteiger partial charge >= 0.3 is 0 Å². The summed E-state index contributed by atoms with van der Waals surface area (Å²) in [6, 6.07) is 11.5. The van der Waals surface area contributed by atoms with E-state index in [9.17, 15) is 9.59 Å². The highest BCUT2D eigenvalue weighted by molar-refractivity contribution is 7.14. The van der Waals surface area contributed by atoms with Crippen LogP contribution in [0.5, 0.6) is 0 Å². The second-order valence-corrected chi connectivity index (χ2v) is 7.80. The van der Waals surface area contributed by atoms with Crippen LogP contribution in [0.25, 0.3) is 0 Å². The van der Waals surface area contributed by atoms with Gasteiger partial charge in [0.25, 0.3) is 5.91 Å². The highest BCUT2D eigenvalue weighted by Crippen LogP contribution is 2.22. The molecule has 0 saturated carbocycles. The van der Waals surface area contributed by atoms with E-state index in [-0.39, 0.29) is 36.5 Å². The largest absolute Gasteiger partial charge is 0.336 e. The Hall–Kier alpha value is -1.40. The van der Waals surface area contributed by atoms with E-state index in [0.717, 1.165) is 48.7 Å². The van der Waals surface area contributed by atoms with Gasteiger partial charge in [0.05, 0.1) is 4.88 Å². The lowest BCUT2D eigenvalue weighted by atomic mass is 10.1. The van der Waals surface area contributed by atoms with E-state index in [1.807, 2.05) is 49.1 Å². The predicted molar refractivity (Wildman–Crippen MR) is 116 cm³/mol. The standard InChI is InChI=1S/C20H24N2O2S.2ClH/c1-15-14-16(2)25-19(15)18(23)8-9-21-10-12-22(13-11-21)20(24)17-6-4-3-5-7-17;;/h3-7,14H,8-13H2,1-2H3;2*1H. The van der Waals surface area contributed by atoms with E-state index in [0.29, 0.717) is 6.42 Å². The van der Waals surface area contributed by atoms with Crippen molar-refractivity contribution in [3.05, 3.63) is 57.3 Å². The number of Topliss-reactive ketones (excluding diaryl/α,β-unsaturated/α-hetero) is 1. The van der Waals surface area contributed by atoms with E-state index in [1.165, 1.54) is 4.88 Å². The minimum Gasteiger partial charge on any atom is -0.336 e. The van der Waals surface area contributed by atoms with Crippen LogP contribution in [-0.2, 0) is 0 Å². The van der Waals surface area contributed by atoms with Crippen molar-refractivity contribution in [2.75, 3.05) is 32.7 Å². The third-order valence-electron chi connectivity index (χ3n) is 4.63. The number of carbonyl (C=O) groups is 2. The molecule has 1 aromatic carbocycles. The van der Waals surface area contributed by atoms with Crippen LogP contribution in [0.3, 0.4) is 0 Å². The second-order valence-electron chi connectivity index (χ2n) is 6.54. The molecule has 7 heteroatoms. The van der Waals surface area contributed by atoms with Gasteiger partial charge in [-0.15, -0.1) is 36.2 Å². The molecule has 1 amide bonds. The number of aryl methyl sites for hydroxylation is 2. The van der Waals surface area contributed by atoms with Gasteiger partial charge in [-0.2, -0.15) is 0 Å². The Labute approximate surface area is 177 Å². The maximum Gasteiger partial charge on any atom is 0.253 e. The highest BCUT2D eigenvalue weighted by Gasteiger charge is 2.22. The zero-order chi connectivity index (χ0) is 17.8. The Morgan fingerprint density at radius 1 is 1.00 bits per heavy atom. The lowest BCUT2D eigenvalue weighted by Crippen LogP contribution is -2.49. The monoisotopic (exact) mass is 428 g/mol. The van der Waals surface area contributed by atoms with Crippen LogP contribution in [0.1, 0.15) is 36.9 Å². The molecule has 1 aliphatic heterocycles. The molecule has 0 aliphatic carbocycles. The number of carbonyl (C=O) groups excluding carboxylic acids is 2. The Kier molecular flexibility index (Phi) is 9.47. The molecule has 2 heterocycles. The zero-order valence-corrected chi connectivity index (χ0v) is 18.1. The van der Waals surface area contributed by atoms with Crippen molar-refractivity contribution in [2.45, 2.75) is 20.3 Å². The van der Waals surface area contributed by atoms with Crippen LogP contribution in [-0.4, -0.2) is 54.2 Å². The summed E-state index contributed by atoms with van der Waals surface area (Å²) in [4.78, 5) is 31.1. The summed E-state index contributed by atoms with van der Waals surface area (Å²) in [5.41, 5.74) is 1.83. The van der Waals surface area contributed by atoms with Crippen LogP contribution in [0, 0.1) is 13.8 Å². The molecular weight excluding hydrogens is 403 g/mol. The molecule has 148 valence electrons. The van der Waals surface area contributed by atoms with Crippen LogP contribution in [0.2, 0.25) is 0 Å². The van der Waals surface area contributed by atoms with Gasteiger partial charge in [0, 0.05) is 49.6 Å². The molecule has 1 fully saturated rings. The van der Waals surface area contributed by atoms with Crippen LogP contribution >= 0.6 is 36.2 Å². The Balaban J connectivity index is 0.00000182. The molecule has 27 heavy (non-hydrogen) atoms. The molecule has 4 nitrogen and oxygen atoms in total. The molecule has 3 rings (SSSR count).